The molecule has 174 valence electrons. The molecule has 31 heavy (non-hydrogen) atoms. The second kappa shape index (κ2) is 11.1. The fourth-order valence-corrected chi connectivity index (χ4v) is 3.38. The normalized spacial score (nSPS) is 14.8. The van der Waals surface area contributed by atoms with Gasteiger partial charge in [0.15, 0.2) is 11.5 Å². The maximum atomic E-state index is 12.7. The number of ether oxygens (including phenoxy) is 3. The summed E-state index contributed by atoms with van der Waals surface area (Å²) in [6.45, 7) is 6.97. The summed E-state index contributed by atoms with van der Waals surface area (Å²) in [6, 6.07) is 3.16. The first kappa shape index (κ1) is 24.6. The highest BCUT2D eigenvalue weighted by Gasteiger charge is 2.43. The lowest BCUT2D eigenvalue weighted by Crippen LogP contribution is -2.46. The summed E-state index contributed by atoms with van der Waals surface area (Å²) in [4.78, 5) is 24.8. The largest absolute Gasteiger partial charge is 0.490 e. The highest BCUT2D eigenvalue weighted by atomic mass is 19.4. The van der Waals surface area contributed by atoms with Gasteiger partial charge in [-0.1, -0.05) is 0 Å². The summed E-state index contributed by atoms with van der Waals surface area (Å²) in [5, 5.41) is 2.82. The van der Waals surface area contributed by atoms with Crippen LogP contribution in [0.3, 0.4) is 0 Å². The lowest BCUT2D eigenvalue weighted by atomic mass is 9.96. The zero-order valence-electron chi connectivity index (χ0n) is 18.0. The van der Waals surface area contributed by atoms with Crippen LogP contribution in [0.4, 0.5) is 13.2 Å². The van der Waals surface area contributed by atoms with Crippen LogP contribution in [0, 0.1) is 5.92 Å². The third-order valence-electron chi connectivity index (χ3n) is 4.87. The predicted octanol–water partition coefficient (Wildman–Crippen LogP) is 3.41. The number of benzene rings is 1. The number of carbonyl (C=O) groups is 2. The van der Waals surface area contributed by atoms with Gasteiger partial charge < -0.3 is 24.4 Å². The Morgan fingerprint density at radius 1 is 1.00 bits per heavy atom. The molecule has 0 spiro atoms. The predicted molar refractivity (Wildman–Crippen MR) is 108 cm³/mol. The maximum absolute atomic E-state index is 12.7. The van der Waals surface area contributed by atoms with E-state index in [0.29, 0.717) is 62.0 Å². The first-order valence-corrected chi connectivity index (χ1v) is 10.4. The zero-order chi connectivity index (χ0) is 23.0. The van der Waals surface area contributed by atoms with Gasteiger partial charge in [-0.25, -0.2) is 0 Å². The highest BCUT2D eigenvalue weighted by Crippen LogP contribution is 2.39. The van der Waals surface area contributed by atoms with Crippen molar-refractivity contribution in [2.45, 2.75) is 39.8 Å². The number of halogens is 3. The first-order valence-electron chi connectivity index (χ1n) is 10.4. The molecule has 1 aliphatic rings. The van der Waals surface area contributed by atoms with Gasteiger partial charge in [-0.15, -0.1) is 0 Å². The summed E-state index contributed by atoms with van der Waals surface area (Å²) in [5.41, 5.74) is 0.333. The quantitative estimate of drug-likeness (QED) is 0.629. The van der Waals surface area contributed by atoms with Crippen LogP contribution in [-0.2, 0) is 4.79 Å². The number of carbonyl (C=O) groups excluding carboxylic acids is 2. The first-order chi connectivity index (χ1) is 14.7. The monoisotopic (exact) mass is 446 g/mol. The van der Waals surface area contributed by atoms with Crippen LogP contribution < -0.4 is 19.5 Å². The fourth-order valence-electron chi connectivity index (χ4n) is 3.38. The van der Waals surface area contributed by atoms with Crippen molar-refractivity contribution in [1.82, 2.24) is 10.2 Å². The molecule has 0 bridgehead atoms. The Morgan fingerprint density at radius 3 is 1.97 bits per heavy atom. The zero-order valence-corrected chi connectivity index (χ0v) is 18.0. The number of piperidine rings is 1. The van der Waals surface area contributed by atoms with Crippen LogP contribution in [0.2, 0.25) is 0 Å². The lowest BCUT2D eigenvalue weighted by Gasteiger charge is -2.32. The van der Waals surface area contributed by atoms with Crippen molar-refractivity contribution < 1.29 is 37.0 Å². The number of alkyl halides is 3. The Hall–Kier alpha value is -2.65. The molecular weight excluding hydrogens is 417 g/mol. The molecule has 1 heterocycles. The van der Waals surface area contributed by atoms with E-state index >= 15 is 0 Å². The third-order valence-corrected chi connectivity index (χ3v) is 4.87. The van der Waals surface area contributed by atoms with Crippen LogP contribution in [0.1, 0.15) is 44.0 Å². The Kier molecular flexibility index (Phi) is 8.82. The average molecular weight is 446 g/mol. The van der Waals surface area contributed by atoms with E-state index in [4.69, 9.17) is 14.2 Å². The van der Waals surface area contributed by atoms with Gasteiger partial charge in [0, 0.05) is 25.2 Å². The van der Waals surface area contributed by atoms with Crippen molar-refractivity contribution >= 4 is 11.8 Å². The molecule has 1 aliphatic heterocycles. The standard InChI is InChI=1S/C21H29F3N2O5/c1-4-29-16-11-15(12-17(30-5-2)18(16)31-6-3)19(27)25-13-14-7-9-26(10-8-14)20(28)21(22,23)24/h11-12,14H,4-10,13H2,1-3H3,(H,25,27). The second-order valence-electron chi connectivity index (χ2n) is 7.04. The van der Waals surface area contributed by atoms with E-state index in [1.807, 2.05) is 20.8 Å². The third kappa shape index (κ3) is 6.67. The molecule has 0 unspecified atom stereocenters. The molecular formula is C21H29F3N2O5. The number of nitrogens with one attached hydrogen (secondary N) is 1. The van der Waals surface area contributed by atoms with E-state index in [1.165, 1.54) is 0 Å². The molecule has 1 fully saturated rings. The smallest absolute Gasteiger partial charge is 0.471 e. The van der Waals surface area contributed by atoms with Gasteiger partial charge in [-0.3, -0.25) is 9.59 Å². The minimum atomic E-state index is -4.86. The SMILES string of the molecule is CCOc1cc(C(=O)NCC2CCN(C(=O)C(F)(F)F)CC2)cc(OCC)c1OCC. The Balaban J connectivity index is 2.01. The van der Waals surface area contributed by atoms with Crippen molar-refractivity contribution in [1.29, 1.82) is 0 Å². The van der Waals surface area contributed by atoms with Crippen LogP contribution in [-0.4, -0.2) is 62.3 Å². The summed E-state index contributed by atoms with van der Waals surface area (Å²) in [5.74, 6) is -0.931. The molecule has 2 amide bonds. The summed E-state index contributed by atoms with van der Waals surface area (Å²) >= 11 is 0. The lowest BCUT2D eigenvalue weighted by molar-refractivity contribution is -0.186. The van der Waals surface area contributed by atoms with Crippen molar-refractivity contribution in [3.05, 3.63) is 17.7 Å². The van der Waals surface area contributed by atoms with Gasteiger partial charge in [-0.05, 0) is 51.7 Å². The van der Waals surface area contributed by atoms with Crippen LogP contribution in [0.5, 0.6) is 17.2 Å². The molecule has 1 N–H and O–H groups in total. The van der Waals surface area contributed by atoms with Gasteiger partial charge >= 0.3 is 12.1 Å². The Bertz CT molecular complexity index is 735. The van der Waals surface area contributed by atoms with E-state index in [9.17, 15) is 22.8 Å². The average Bonchev–Trinajstić information content (AvgIpc) is 2.73. The molecule has 2 rings (SSSR count). The van der Waals surface area contributed by atoms with Crippen LogP contribution in [0.15, 0.2) is 12.1 Å². The van der Waals surface area contributed by atoms with E-state index in [0.717, 1.165) is 4.90 Å². The molecule has 10 heteroatoms. The number of nitrogens with zero attached hydrogens (tertiary/aromatic N) is 1. The van der Waals surface area contributed by atoms with Crippen molar-refractivity contribution in [3.8, 4) is 17.2 Å². The Labute approximate surface area is 179 Å². The maximum Gasteiger partial charge on any atom is 0.471 e. The summed E-state index contributed by atoms with van der Waals surface area (Å²) < 4.78 is 54.5. The van der Waals surface area contributed by atoms with Crippen LogP contribution >= 0.6 is 0 Å². The van der Waals surface area contributed by atoms with Gasteiger partial charge in [-0.2, -0.15) is 13.2 Å². The summed E-state index contributed by atoms with van der Waals surface area (Å²) in [6.07, 6.45) is -4.08. The van der Waals surface area contributed by atoms with E-state index in [1.54, 1.807) is 12.1 Å². The summed E-state index contributed by atoms with van der Waals surface area (Å²) in [7, 11) is 0. The highest BCUT2D eigenvalue weighted by molar-refractivity contribution is 5.95. The molecule has 0 atom stereocenters. The molecule has 1 aromatic rings. The molecule has 1 aromatic carbocycles. The van der Waals surface area contributed by atoms with Gasteiger partial charge in [0.25, 0.3) is 5.91 Å². The molecule has 7 nitrogen and oxygen atoms in total. The fraction of sp³-hybridized carbons (Fsp3) is 0.619. The van der Waals surface area contributed by atoms with Crippen molar-refractivity contribution in [2.24, 2.45) is 5.92 Å². The number of hydrogen-bond donors (Lipinski definition) is 1. The van der Waals surface area contributed by atoms with E-state index in [-0.39, 0.29) is 24.9 Å². The van der Waals surface area contributed by atoms with E-state index < -0.39 is 12.1 Å². The van der Waals surface area contributed by atoms with Crippen LogP contribution in [0.25, 0.3) is 0 Å². The minimum absolute atomic E-state index is 0.0124. The topological polar surface area (TPSA) is 77.1 Å². The van der Waals surface area contributed by atoms with Crippen molar-refractivity contribution in [2.75, 3.05) is 39.5 Å². The molecule has 0 aliphatic carbocycles. The number of rotatable bonds is 9. The molecule has 0 radical (unpaired) electrons. The Morgan fingerprint density at radius 2 is 1.52 bits per heavy atom. The number of hydrogen-bond acceptors (Lipinski definition) is 5. The minimum Gasteiger partial charge on any atom is -0.490 e. The molecule has 0 saturated carbocycles. The van der Waals surface area contributed by atoms with Gasteiger partial charge in [0.1, 0.15) is 0 Å². The van der Waals surface area contributed by atoms with E-state index in [2.05, 4.69) is 5.32 Å². The van der Waals surface area contributed by atoms with Crippen molar-refractivity contribution in [3.63, 3.8) is 0 Å². The number of likely N-dealkylation sites (tertiary alicyclic amines) is 1. The van der Waals surface area contributed by atoms with Gasteiger partial charge in [0.2, 0.25) is 5.75 Å². The van der Waals surface area contributed by atoms with Gasteiger partial charge in [0.05, 0.1) is 19.8 Å². The molecule has 0 aromatic heterocycles. The number of amides is 2. The molecule has 1 saturated heterocycles. The second-order valence-corrected chi connectivity index (χ2v) is 7.04.